The summed E-state index contributed by atoms with van der Waals surface area (Å²) in [6.07, 6.45) is -4.51. The number of aromatic hydroxyl groups is 1. The number of hydrogen-bond donors (Lipinski definition) is 2. The number of carbonyl (C=O) groups excluding carboxylic acids is 1. The molecule has 4 nitrogen and oxygen atoms in total. The molecule has 4 rings (SSSR count). The van der Waals surface area contributed by atoms with Crippen LogP contribution in [0.25, 0.3) is 0 Å². The Hall–Kier alpha value is -3.61. The lowest BCUT2D eigenvalue weighted by molar-refractivity contribution is -0.137. The minimum atomic E-state index is -4.51. The molecule has 0 fully saturated rings. The van der Waals surface area contributed by atoms with Crippen molar-refractivity contribution in [3.05, 3.63) is 88.5 Å². The first-order chi connectivity index (χ1) is 13.3. The summed E-state index contributed by atoms with van der Waals surface area (Å²) in [4.78, 5) is 17.2. The predicted octanol–water partition coefficient (Wildman–Crippen LogP) is 4.71. The van der Waals surface area contributed by atoms with Crippen LogP contribution in [-0.4, -0.2) is 16.6 Å². The molecule has 0 atom stereocenters. The molecule has 3 aromatic rings. The number of hydrogen-bond acceptors (Lipinski definition) is 4. The maximum absolute atomic E-state index is 13.0. The molecule has 7 heteroatoms. The van der Waals surface area contributed by atoms with Crippen LogP contribution in [0.1, 0.15) is 32.6 Å². The number of rotatable bonds is 1. The topological polar surface area (TPSA) is 75.7 Å². The summed E-state index contributed by atoms with van der Waals surface area (Å²) in [7, 11) is 0. The smallest absolute Gasteiger partial charge is 0.416 e. The molecule has 0 saturated carbocycles. The Morgan fingerprint density at radius 2 is 1.61 bits per heavy atom. The highest BCUT2D eigenvalue weighted by Gasteiger charge is 2.32. The van der Waals surface area contributed by atoms with E-state index in [0.717, 1.165) is 12.1 Å². The van der Waals surface area contributed by atoms with E-state index in [9.17, 15) is 23.1 Å². The van der Waals surface area contributed by atoms with Gasteiger partial charge in [-0.2, -0.15) is 13.2 Å². The van der Waals surface area contributed by atoms with E-state index < -0.39 is 11.7 Å². The first kappa shape index (κ1) is 17.8. The minimum Gasteiger partial charge on any atom is -0.505 e. The molecule has 140 valence electrons. The maximum Gasteiger partial charge on any atom is 0.416 e. The zero-order valence-electron chi connectivity index (χ0n) is 14.3. The number of carbonyl (C=O) groups is 1. The van der Waals surface area contributed by atoms with Gasteiger partial charge in [-0.05, 0) is 30.3 Å². The van der Waals surface area contributed by atoms with Crippen molar-refractivity contribution in [2.45, 2.75) is 6.18 Å². The van der Waals surface area contributed by atoms with E-state index in [1.807, 2.05) is 0 Å². The molecule has 0 heterocycles. The van der Waals surface area contributed by atoms with Crippen LogP contribution in [0.3, 0.4) is 0 Å². The van der Waals surface area contributed by atoms with Crippen LogP contribution in [0.4, 0.5) is 24.5 Å². The van der Waals surface area contributed by atoms with Crippen molar-refractivity contribution in [3.8, 4) is 5.75 Å². The summed E-state index contributed by atoms with van der Waals surface area (Å²) in [5, 5.41) is 10.5. The van der Waals surface area contributed by atoms with Gasteiger partial charge in [0.25, 0.3) is 0 Å². The molecule has 0 unspecified atom stereocenters. The second-order valence-electron chi connectivity index (χ2n) is 6.31. The van der Waals surface area contributed by atoms with Gasteiger partial charge in [-0.3, -0.25) is 4.79 Å². The number of phenols is 1. The molecule has 1 aliphatic rings. The third kappa shape index (κ3) is 2.81. The quantitative estimate of drug-likeness (QED) is 0.370. The van der Waals surface area contributed by atoms with Gasteiger partial charge in [0.05, 0.1) is 28.2 Å². The van der Waals surface area contributed by atoms with E-state index in [-0.39, 0.29) is 39.7 Å². The Kier molecular flexibility index (Phi) is 3.96. The summed E-state index contributed by atoms with van der Waals surface area (Å²) in [6, 6.07) is 14.0. The summed E-state index contributed by atoms with van der Waals surface area (Å²) >= 11 is 0. The second-order valence-corrected chi connectivity index (χ2v) is 6.31. The van der Waals surface area contributed by atoms with Crippen molar-refractivity contribution >= 4 is 22.9 Å². The van der Waals surface area contributed by atoms with E-state index in [0.29, 0.717) is 11.1 Å². The van der Waals surface area contributed by atoms with Crippen molar-refractivity contribution in [1.29, 1.82) is 0 Å². The van der Waals surface area contributed by atoms with Crippen LogP contribution >= 0.6 is 0 Å². The Labute approximate surface area is 157 Å². The number of phenolic OH excluding ortho intramolecular Hbond substituents is 1. The summed E-state index contributed by atoms with van der Waals surface area (Å²) < 4.78 is 39.1. The maximum atomic E-state index is 13.0. The van der Waals surface area contributed by atoms with Gasteiger partial charge in [0.2, 0.25) is 0 Å². The summed E-state index contributed by atoms with van der Waals surface area (Å²) in [5.41, 5.74) is 6.29. The van der Waals surface area contributed by atoms with Gasteiger partial charge in [-0.1, -0.05) is 30.3 Å². The third-order valence-corrected chi connectivity index (χ3v) is 4.53. The molecule has 3 aromatic carbocycles. The van der Waals surface area contributed by atoms with Crippen LogP contribution in [0.2, 0.25) is 0 Å². The van der Waals surface area contributed by atoms with Crippen LogP contribution in [-0.2, 0) is 6.18 Å². The molecule has 0 aromatic heterocycles. The second kappa shape index (κ2) is 6.23. The number of fused-ring (bicyclic) bond motifs is 2. The number of nitrogen functional groups attached to an aromatic ring is 1. The number of nitrogens with two attached hydrogens (primary N) is 1. The Morgan fingerprint density at radius 1 is 0.893 bits per heavy atom. The van der Waals surface area contributed by atoms with Gasteiger partial charge in [-0.15, -0.1) is 0 Å². The number of nitrogens with zero attached hydrogens (tertiary/aromatic N) is 1. The highest BCUT2D eigenvalue weighted by molar-refractivity contribution is 6.31. The van der Waals surface area contributed by atoms with E-state index in [2.05, 4.69) is 4.99 Å². The molecule has 0 spiro atoms. The fourth-order valence-electron chi connectivity index (χ4n) is 3.20. The van der Waals surface area contributed by atoms with Gasteiger partial charge in [0.15, 0.2) is 5.78 Å². The van der Waals surface area contributed by atoms with Crippen molar-refractivity contribution in [1.82, 2.24) is 0 Å². The predicted molar refractivity (Wildman–Crippen MR) is 99.1 cm³/mol. The molecular weight excluding hydrogens is 369 g/mol. The lowest BCUT2D eigenvalue weighted by Crippen LogP contribution is -2.22. The summed E-state index contributed by atoms with van der Waals surface area (Å²) in [6.45, 7) is 0. The van der Waals surface area contributed by atoms with Crippen LogP contribution in [0.15, 0.2) is 65.7 Å². The van der Waals surface area contributed by atoms with E-state index >= 15 is 0 Å². The van der Waals surface area contributed by atoms with Crippen LogP contribution < -0.4 is 5.73 Å². The van der Waals surface area contributed by atoms with Gasteiger partial charge >= 0.3 is 6.18 Å². The molecule has 0 radical (unpaired) electrons. The Balaban J connectivity index is 2.00. The van der Waals surface area contributed by atoms with Crippen molar-refractivity contribution in [3.63, 3.8) is 0 Å². The third-order valence-electron chi connectivity index (χ3n) is 4.53. The fraction of sp³-hybridized carbons (Fsp3) is 0.0476. The highest BCUT2D eigenvalue weighted by atomic mass is 19.4. The molecule has 28 heavy (non-hydrogen) atoms. The molecule has 0 bridgehead atoms. The van der Waals surface area contributed by atoms with Gasteiger partial charge < -0.3 is 10.8 Å². The number of benzene rings is 3. The van der Waals surface area contributed by atoms with Crippen LogP contribution in [0, 0.1) is 0 Å². The average molecular weight is 382 g/mol. The first-order valence-corrected chi connectivity index (χ1v) is 8.29. The van der Waals surface area contributed by atoms with Crippen molar-refractivity contribution < 1.29 is 23.1 Å². The fourth-order valence-corrected chi connectivity index (χ4v) is 3.20. The number of anilines is 1. The number of aliphatic imine (C=N–C) groups is 1. The molecule has 0 amide bonds. The number of halogens is 3. The molecular formula is C21H13F3N2O2. The molecule has 0 aliphatic heterocycles. The van der Waals surface area contributed by atoms with Crippen molar-refractivity contribution in [2.75, 3.05) is 5.73 Å². The SMILES string of the molecule is Nc1ccc2c(c1O)C(=Nc1cccc(C(F)(F)F)c1)c1ccccc1C2=O. The number of alkyl halides is 3. The van der Waals surface area contributed by atoms with Crippen LogP contribution in [0.5, 0.6) is 5.75 Å². The van der Waals surface area contributed by atoms with Crippen molar-refractivity contribution in [2.24, 2.45) is 4.99 Å². The zero-order chi connectivity index (χ0) is 20.1. The monoisotopic (exact) mass is 382 g/mol. The molecule has 0 saturated heterocycles. The Morgan fingerprint density at radius 3 is 2.32 bits per heavy atom. The normalized spacial score (nSPS) is 14.7. The average Bonchev–Trinajstić information content (AvgIpc) is 2.67. The standard InChI is InChI=1S/C21H13F3N2O2/c22-21(23,24)11-4-3-5-12(10-11)26-18-13-6-1-2-7-14(13)19(27)15-8-9-16(25)20(28)17(15)18/h1-10,28H,25H2. The number of ketones is 1. The van der Waals surface area contributed by atoms with E-state index in [1.165, 1.54) is 24.3 Å². The highest BCUT2D eigenvalue weighted by Crippen LogP contribution is 2.38. The lowest BCUT2D eigenvalue weighted by Gasteiger charge is -2.22. The minimum absolute atomic E-state index is 0.0433. The van der Waals surface area contributed by atoms with Gasteiger partial charge in [0.1, 0.15) is 5.75 Å². The molecule has 1 aliphatic carbocycles. The summed E-state index contributed by atoms with van der Waals surface area (Å²) in [5.74, 6) is -0.644. The van der Waals surface area contributed by atoms with E-state index in [4.69, 9.17) is 5.73 Å². The van der Waals surface area contributed by atoms with Gasteiger partial charge in [-0.25, -0.2) is 4.99 Å². The largest absolute Gasteiger partial charge is 0.505 e. The van der Waals surface area contributed by atoms with Gasteiger partial charge in [0, 0.05) is 16.7 Å². The molecule has 3 N–H and O–H groups in total. The lowest BCUT2D eigenvalue weighted by atomic mass is 9.82. The zero-order valence-corrected chi connectivity index (χ0v) is 14.3. The first-order valence-electron chi connectivity index (χ1n) is 8.29. The Bertz CT molecular complexity index is 1150. The van der Waals surface area contributed by atoms with E-state index in [1.54, 1.807) is 24.3 Å².